The average Bonchev–Trinajstić information content (AvgIpc) is 2.56. The van der Waals surface area contributed by atoms with Crippen molar-refractivity contribution in [3.05, 3.63) is 28.1 Å². The minimum absolute atomic E-state index is 0.374. The molecular weight excluding hydrogens is 269 g/mol. The van der Waals surface area contributed by atoms with E-state index in [9.17, 15) is 0 Å². The van der Waals surface area contributed by atoms with Gasteiger partial charge in [0, 0.05) is 16.2 Å². The fourth-order valence-corrected chi connectivity index (χ4v) is 1.59. The molecule has 0 saturated carbocycles. The van der Waals surface area contributed by atoms with E-state index < -0.39 is 0 Å². The zero-order valence-corrected chi connectivity index (χ0v) is 9.21. The SMILES string of the molecule is Nc1cnoc1-c1cc(Cl)ncc1Br. The summed E-state index contributed by atoms with van der Waals surface area (Å²) >= 11 is 9.07. The van der Waals surface area contributed by atoms with Crippen LogP contribution in [0.1, 0.15) is 0 Å². The van der Waals surface area contributed by atoms with Gasteiger partial charge in [-0.2, -0.15) is 0 Å². The Balaban J connectivity index is 2.62. The number of nitrogens with zero attached hydrogens (tertiary/aromatic N) is 2. The summed E-state index contributed by atoms with van der Waals surface area (Å²) in [5.74, 6) is 0.487. The van der Waals surface area contributed by atoms with E-state index in [0.29, 0.717) is 16.6 Å². The van der Waals surface area contributed by atoms with E-state index in [2.05, 4.69) is 26.1 Å². The molecule has 0 saturated heterocycles. The molecule has 0 spiro atoms. The summed E-state index contributed by atoms with van der Waals surface area (Å²) in [6.07, 6.45) is 3.02. The van der Waals surface area contributed by atoms with Crippen LogP contribution in [-0.2, 0) is 0 Å². The molecule has 0 bridgehead atoms. The third kappa shape index (κ3) is 1.60. The Hall–Kier alpha value is -1.07. The highest BCUT2D eigenvalue weighted by atomic mass is 79.9. The smallest absolute Gasteiger partial charge is 0.191 e. The minimum Gasteiger partial charge on any atom is -0.394 e. The first-order chi connectivity index (χ1) is 6.68. The van der Waals surface area contributed by atoms with Crippen LogP contribution in [0.15, 0.2) is 27.5 Å². The van der Waals surface area contributed by atoms with Crippen LogP contribution in [0.2, 0.25) is 5.15 Å². The lowest BCUT2D eigenvalue weighted by Crippen LogP contribution is -1.87. The van der Waals surface area contributed by atoms with Crippen LogP contribution in [0, 0.1) is 0 Å². The molecule has 0 aliphatic heterocycles. The number of hydrogen-bond donors (Lipinski definition) is 1. The van der Waals surface area contributed by atoms with Crippen LogP contribution >= 0.6 is 27.5 Å². The highest BCUT2D eigenvalue weighted by molar-refractivity contribution is 9.10. The van der Waals surface area contributed by atoms with Crippen molar-refractivity contribution >= 4 is 33.2 Å². The first kappa shape index (κ1) is 9.48. The molecular formula is C8H5BrClN3O. The maximum atomic E-state index is 5.75. The van der Waals surface area contributed by atoms with Crippen molar-refractivity contribution in [3.8, 4) is 11.3 Å². The monoisotopic (exact) mass is 273 g/mol. The van der Waals surface area contributed by atoms with E-state index in [1.165, 1.54) is 6.20 Å². The van der Waals surface area contributed by atoms with Gasteiger partial charge in [0.2, 0.25) is 0 Å². The molecule has 2 N–H and O–H groups in total. The van der Waals surface area contributed by atoms with Crippen LogP contribution in [0.4, 0.5) is 5.69 Å². The molecule has 0 fully saturated rings. The molecule has 4 nitrogen and oxygen atoms in total. The Bertz CT molecular complexity index is 471. The Morgan fingerprint density at radius 2 is 2.21 bits per heavy atom. The maximum absolute atomic E-state index is 5.75. The number of rotatable bonds is 1. The van der Waals surface area contributed by atoms with Crippen LogP contribution in [0.25, 0.3) is 11.3 Å². The molecule has 2 aromatic rings. The van der Waals surface area contributed by atoms with Gasteiger partial charge in [-0.1, -0.05) is 16.8 Å². The van der Waals surface area contributed by atoms with Crippen LogP contribution in [0.3, 0.4) is 0 Å². The molecule has 6 heteroatoms. The van der Waals surface area contributed by atoms with Gasteiger partial charge in [0.15, 0.2) is 5.76 Å². The fraction of sp³-hybridized carbons (Fsp3) is 0. The largest absolute Gasteiger partial charge is 0.394 e. The average molecular weight is 275 g/mol. The Morgan fingerprint density at radius 1 is 1.43 bits per heavy atom. The molecule has 0 aliphatic rings. The molecule has 2 aromatic heterocycles. The normalized spacial score (nSPS) is 10.4. The van der Waals surface area contributed by atoms with Crippen molar-refractivity contribution in [1.29, 1.82) is 0 Å². The standard InChI is InChI=1S/C8H5BrClN3O/c9-5-2-12-7(10)1-4(5)8-6(11)3-13-14-8/h1-3H,11H2. The summed E-state index contributed by atoms with van der Waals surface area (Å²) in [4.78, 5) is 3.89. The molecule has 72 valence electrons. The number of nitrogen functional groups attached to an aromatic ring is 1. The first-order valence-corrected chi connectivity index (χ1v) is 4.87. The summed E-state index contributed by atoms with van der Waals surface area (Å²) in [5.41, 5.74) is 6.85. The van der Waals surface area contributed by atoms with Crippen molar-refractivity contribution in [2.75, 3.05) is 5.73 Å². The van der Waals surface area contributed by atoms with E-state index in [1.54, 1.807) is 12.3 Å². The number of aromatic nitrogens is 2. The Labute approximate surface area is 93.2 Å². The highest BCUT2D eigenvalue weighted by Crippen LogP contribution is 2.32. The lowest BCUT2D eigenvalue weighted by molar-refractivity contribution is 0.432. The van der Waals surface area contributed by atoms with Crippen molar-refractivity contribution < 1.29 is 4.52 Å². The van der Waals surface area contributed by atoms with Crippen LogP contribution in [0.5, 0.6) is 0 Å². The minimum atomic E-state index is 0.374. The predicted molar refractivity (Wildman–Crippen MR) is 56.9 cm³/mol. The Morgan fingerprint density at radius 3 is 2.86 bits per heavy atom. The maximum Gasteiger partial charge on any atom is 0.191 e. The molecule has 0 unspecified atom stereocenters. The Kier molecular flexibility index (Phi) is 2.43. The number of nitrogens with two attached hydrogens (primary N) is 1. The van der Waals surface area contributed by atoms with E-state index in [1.807, 2.05) is 0 Å². The number of anilines is 1. The van der Waals surface area contributed by atoms with Crippen molar-refractivity contribution in [2.45, 2.75) is 0 Å². The van der Waals surface area contributed by atoms with Gasteiger partial charge >= 0.3 is 0 Å². The fourth-order valence-electron chi connectivity index (χ4n) is 1.04. The molecule has 14 heavy (non-hydrogen) atoms. The second-order valence-electron chi connectivity index (χ2n) is 2.60. The summed E-state index contributed by atoms with van der Waals surface area (Å²) in [7, 11) is 0. The van der Waals surface area contributed by atoms with E-state index in [-0.39, 0.29) is 0 Å². The summed E-state index contributed by atoms with van der Waals surface area (Å²) in [6, 6.07) is 1.66. The number of pyridine rings is 1. The lowest BCUT2D eigenvalue weighted by Gasteiger charge is -2.00. The van der Waals surface area contributed by atoms with Gasteiger partial charge in [-0.25, -0.2) is 4.98 Å². The second kappa shape index (κ2) is 3.59. The zero-order valence-electron chi connectivity index (χ0n) is 6.87. The van der Waals surface area contributed by atoms with Gasteiger partial charge in [0.1, 0.15) is 10.8 Å². The van der Waals surface area contributed by atoms with Crippen LogP contribution in [-0.4, -0.2) is 10.1 Å². The zero-order chi connectivity index (χ0) is 10.1. The van der Waals surface area contributed by atoms with Crippen molar-refractivity contribution in [1.82, 2.24) is 10.1 Å². The molecule has 0 atom stereocenters. The van der Waals surface area contributed by atoms with Gasteiger partial charge in [0.25, 0.3) is 0 Å². The second-order valence-corrected chi connectivity index (χ2v) is 3.84. The highest BCUT2D eigenvalue weighted by Gasteiger charge is 2.12. The molecule has 0 radical (unpaired) electrons. The quantitative estimate of drug-likeness (QED) is 0.812. The predicted octanol–water partition coefficient (Wildman–Crippen LogP) is 2.73. The van der Waals surface area contributed by atoms with E-state index in [0.717, 1.165) is 10.0 Å². The molecule has 0 amide bonds. The van der Waals surface area contributed by atoms with Crippen molar-refractivity contribution in [3.63, 3.8) is 0 Å². The van der Waals surface area contributed by atoms with Gasteiger partial charge in [0.05, 0.1) is 6.20 Å². The molecule has 0 aromatic carbocycles. The van der Waals surface area contributed by atoms with E-state index >= 15 is 0 Å². The molecule has 0 aliphatic carbocycles. The van der Waals surface area contributed by atoms with Gasteiger partial charge < -0.3 is 10.3 Å². The third-order valence-electron chi connectivity index (χ3n) is 1.66. The summed E-state index contributed by atoms with van der Waals surface area (Å²) in [5, 5.41) is 3.96. The van der Waals surface area contributed by atoms with Gasteiger partial charge in [-0.3, -0.25) is 0 Å². The summed E-state index contributed by atoms with van der Waals surface area (Å²) < 4.78 is 5.75. The summed E-state index contributed by atoms with van der Waals surface area (Å²) in [6.45, 7) is 0. The van der Waals surface area contributed by atoms with Gasteiger partial charge in [-0.15, -0.1) is 0 Å². The van der Waals surface area contributed by atoms with E-state index in [4.69, 9.17) is 21.9 Å². The number of hydrogen-bond acceptors (Lipinski definition) is 4. The topological polar surface area (TPSA) is 64.9 Å². The first-order valence-electron chi connectivity index (χ1n) is 3.70. The van der Waals surface area contributed by atoms with Gasteiger partial charge in [-0.05, 0) is 22.0 Å². The van der Waals surface area contributed by atoms with Crippen LogP contribution < -0.4 is 5.73 Å². The lowest BCUT2D eigenvalue weighted by atomic mass is 10.2. The third-order valence-corrected chi connectivity index (χ3v) is 2.50. The molecule has 2 heterocycles. The van der Waals surface area contributed by atoms with Crippen molar-refractivity contribution in [2.24, 2.45) is 0 Å². The molecule has 2 rings (SSSR count). The number of halogens is 2.